The fraction of sp³-hybridized carbons (Fsp3) is 0.182. The first-order valence-electron chi connectivity index (χ1n) is 4.43. The average Bonchev–Trinajstić information content (AvgIpc) is 2.66. The summed E-state index contributed by atoms with van der Waals surface area (Å²) >= 11 is 5.98. The Labute approximate surface area is 92.3 Å². The highest BCUT2D eigenvalue weighted by molar-refractivity contribution is 6.32. The lowest BCUT2D eigenvalue weighted by Crippen LogP contribution is -1.93. The number of hydrogen-bond donors (Lipinski definition) is 0. The number of hydrogen-bond acceptors (Lipinski definition) is 3. The van der Waals surface area contributed by atoms with Gasteiger partial charge in [-0.15, -0.1) is 0 Å². The third-order valence-corrected chi connectivity index (χ3v) is 2.31. The smallest absolute Gasteiger partial charge is 0.231 e. The highest BCUT2D eigenvalue weighted by atomic mass is 35.5. The van der Waals surface area contributed by atoms with Gasteiger partial charge in [-0.1, -0.05) is 11.6 Å². The van der Waals surface area contributed by atoms with Gasteiger partial charge < -0.3 is 9.47 Å². The van der Waals surface area contributed by atoms with Crippen LogP contribution in [0.25, 0.3) is 6.08 Å². The Bertz CT molecular complexity index is 438. The molecule has 1 aliphatic heterocycles. The quantitative estimate of drug-likeness (QED) is 0.572. The number of carbonyl (C=O) groups is 1. The molecule has 0 saturated carbocycles. The number of allylic oxidation sites excluding steroid dienone is 1. The first-order valence-corrected chi connectivity index (χ1v) is 4.81. The molecule has 0 aliphatic carbocycles. The fourth-order valence-electron chi connectivity index (χ4n) is 1.37. The number of rotatable bonds is 2. The van der Waals surface area contributed by atoms with Gasteiger partial charge in [0.15, 0.2) is 11.5 Å². The lowest BCUT2D eigenvalue weighted by atomic mass is 10.1. The largest absolute Gasteiger partial charge is 0.454 e. The molecule has 0 aromatic heterocycles. The maximum Gasteiger partial charge on any atom is 0.231 e. The van der Waals surface area contributed by atoms with Gasteiger partial charge >= 0.3 is 0 Å². The summed E-state index contributed by atoms with van der Waals surface area (Å²) in [5, 5.41) is 0.495. The summed E-state index contributed by atoms with van der Waals surface area (Å²) in [7, 11) is 0. The molecule has 3 nitrogen and oxygen atoms in total. The van der Waals surface area contributed by atoms with E-state index in [1.165, 1.54) is 0 Å². The van der Waals surface area contributed by atoms with Gasteiger partial charge in [0.25, 0.3) is 0 Å². The van der Waals surface area contributed by atoms with Gasteiger partial charge in [-0.3, -0.25) is 4.79 Å². The molecule has 15 heavy (non-hydrogen) atoms. The standard InChI is InChI=1S/C11H9ClO3/c1-7(5-13)2-8-3-9(12)11-10(4-8)14-6-15-11/h2-5H,6H2,1H3. The minimum Gasteiger partial charge on any atom is -0.454 e. The van der Waals surface area contributed by atoms with Gasteiger partial charge in [0, 0.05) is 0 Å². The van der Waals surface area contributed by atoms with Crippen LogP contribution in [0.5, 0.6) is 11.5 Å². The van der Waals surface area contributed by atoms with Gasteiger partial charge in [-0.25, -0.2) is 0 Å². The highest BCUT2D eigenvalue weighted by Gasteiger charge is 2.17. The van der Waals surface area contributed by atoms with Crippen LogP contribution in [-0.4, -0.2) is 13.1 Å². The normalized spacial score (nSPS) is 14.1. The molecule has 4 heteroatoms. The second-order valence-electron chi connectivity index (χ2n) is 3.24. The van der Waals surface area contributed by atoms with Crippen molar-refractivity contribution in [2.24, 2.45) is 0 Å². The van der Waals surface area contributed by atoms with Crippen LogP contribution in [0.3, 0.4) is 0 Å². The van der Waals surface area contributed by atoms with Gasteiger partial charge in [-0.05, 0) is 36.3 Å². The highest BCUT2D eigenvalue weighted by Crippen LogP contribution is 2.40. The van der Waals surface area contributed by atoms with Crippen molar-refractivity contribution in [2.75, 3.05) is 6.79 Å². The molecule has 0 radical (unpaired) electrons. The van der Waals surface area contributed by atoms with E-state index in [2.05, 4.69) is 0 Å². The Kier molecular flexibility index (Phi) is 2.64. The van der Waals surface area contributed by atoms with E-state index >= 15 is 0 Å². The maximum absolute atomic E-state index is 10.5. The summed E-state index contributed by atoms with van der Waals surface area (Å²) in [6, 6.07) is 3.53. The van der Waals surface area contributed by atoms with Crippen LogP contribution in [0, 0.1) is 0 Å². The summed E-state index contributed by atoms with van der Waals surface area (Å²) in [6.45, 7) is 1.92. The van der Waals surface area contributed by atoms with Crippen molar-refractivity contribution in [3.05, 3.63) is 28.3 Å². The Morgan fingerprint density at radius 1 is 1.47 bits per heavy atom. The van der Waals surface area contributed by atoms with Gasteiger partial charge in [0.2, 0.25) is 6.79 Å². The zero-order valence-corrected chi connectivity index (χ0v) is 8.88. The molecule has 0 atom stereocenters. The Hall–Kier alpha value is -1.48. The molecule has 1 aliphatic rings. The predicted octanol–water partition coefficient (Wildman–Crippen LogP) is 2.67. The molecule has 0 unspecified atom stereocenters. The zero-order valence-electron chi connectivity index (χ0n) is 8.12. The van der Waals surface area contributed by atoms with E-state index in [4.69, 9.17) is 21.1 Å². The van der Waals surface area contributed by atoms with Crippen LogP contribution < -0.4 is 9.47 Å². The van der Waals surface area contributed by atoms with E-state index < -0.39 is 0 Å². The molecule has 0 fully saturated rings. The first-order chi connectivity index (χ1) is 7.20. The summed E-state index contributed by atoms with van der Waals surface area (Å²) in [6.07, 6.45) is 2.53. The summed E-state index contributed by atoms with van der Waals surface area (Å²) < 4.78 is 10.4. The van der Waals surface area contributed by atoms with Crippen molar-refractivity contribution < 1.29 is 14.3 Å². The third-order valence-electron chi connectivity index (χ3n) is 2.03. The van der Waals surface area contributed by atoms with Crippen molar-refractivity contribution in [1.82, 2.24) is 0 Å². The predicted molar refractivity (Wildman–Crippen MR) is 57.3 cm³/mol. The molecule has 1 heterocycles. The third kappa shape index (κ3) is 1.97. The van der Waals surface area contributed by atoms with Crippen molar-refractivity contribution in [2.45, 2.75) is 6.92 Å². The van der Waals surface area contributed by atoms with Gasteiger partial charge in [0.1, 0.15) is 6.29 Å². The number of aldehydes is 1. The van der Waals surface area contributed by atoms with Crippen molar-refractivity contribution >= 4 is 24.0 Å². The Balaban J connectivity index is 2.44. The van der Waals surface area contributed by atoms with Gasteiger partial charge in [-0.2, -0.15) is 0 Å². The minimum atomic E-state index is 0.189. The molecule has 0 N–H and O–H groups in total. The van der Waals surface area contributed by atoms with E-state index in [1.807, 2.05) is 0 Å². The second-order valence-corrected chi connectivity index (χ2v) is 3.65. The van der Waals surface area contributed by atoms with E-state index in [-0.39, 0.29) is 6.79 Å². The number of carbonyl (C=O) groups excluding carboxylic acids is 1. The van der Waals surface area contributed by atoms with E-state index in [9.17, 15) is 4.79 Å². The summed E-state index contributed by atoms with van der Waals surface area (Å²) in [5.41, 5.74) is 1.46. The van der Waals surface area contributed by atoms with Crippen LogP contribution in [0.2, 0.25) is 5.02 Å². The number of fused-ring (bicyclic) bond motifs is 1. The average molecular weight is 225 g/mol. The van der Waals surface area contributed by atoms with Crippen LogP contribution >= 0.6 is 11.6 Å². The molecule has 0 amide bonds. The minimum absolute atomic E-state index is 0.189. The van der Waals surface area contributed by atoms with Crippen LogP contribution in [-0.2, 0) is 4.79 Å². The molecular formula is C11H9ClO3. The lowest BCUT2D eigenvalue weighted by Gasteiger charge is -2.01. The Morgan fingerprint density at radius 3 is 3.00 bits per heavy atom. The van der Waals surface area contributed by atoms with Crippen molar-refractivity contribution in [3.8, 4) is 11.5 Å². The zero-order chi connectivity index (χ0) is 10.8. The fourth-order valence-corrected chi connectivity index (χ4v) is 1.64. The number of benzene rings is 1. The molecule has 0 spiro atoms. The molecule has 1 aromatic carbocycles. The maximum atomic E-state index is 10.5. The second kappa shape index (κ2) is 3.95. The van der Waals surface area contributed by atoms with Crippen LogP contribution in [0.15, 0.2) is 17.7 Å². The van der Waals surface area contributed by atoms with Crippen LogP contribution in [0.4, 0.5) is 0 Å². The van der Waals surface area contributed by atoms with E-state index in [0.717, 1.165) is 11.8 Å². The van der Waals surface area contributed by atoms with Crippen LogP contribution in [0.1, 0.15) is 12.5 Å². The number of ether oxygens (including phenoxy) is 2. The van der Waals surface area contributed by atoms with Crippen molar-refractivity contribution in [3.63, 3.8) is 0 Å². The van der Waals surface area contributed by atoms with E-state index in [1.54, 1.807) is 25.1 Å². The Morgan fingerprint density at radius 2 is 2.27 bits per heavy atom. The SMILES string of the molecule is CC(C=O)=Cc1cc(Cl)c2c(c1)OCO2. The topological polar surface area (TPSA) is 35.5 Å². The number of halogens is 1. The monoisotopic (exact) mass is 224 g/mol. The summed E-state index contributed by atoms with van der Waals surface area (Å²) in [5.74, 6) is 1.19. The van der Waals surface area contributed by atoms with Crippen molar-refractivity contribution in [1.29, 1.82) is 0 Å². The molecule has 0 saturated heterocycles. The first kappa shape index (κ1) is 10.1. The summed E-state index contributed by atoms with van der Waals surface area (Å²) in [4.78, 5) is 10.5. The molecular weight excluding hydrogens is 216 g/mol. The van der Waals surface area contributed by atoms with Gasteiger partial charge in [0.05, 0.1) is 5.02 Å². The molecule has 1 aromatic rings. The molecule has 2 rings (SSSR count). The van der Waals surface area contributed by atoms with E-state index in [0.29, 0.717) is 22.1 Å². The molecule has 0 bridgehead atoms. The molecule has 78 valence electrons. The lowest BCUT2D eigenvalue weighted by molar-refractivity contribution is -0.104.